The third-order valence-corrected chi connectivity index (χ3v) is 6.48. The van der Waals surface area contributed by atoms with E-state index in [1.165, 1.54) is 13.5 Å². The first-order valence-corrected chi connectivity index (χ1v) is 12.2. The number of aromatic nitrogens is 1. The number of ketones is 1. The number of oxazole rings is 1. The minimum atomic E-state index is -1.04. The van der Waals surface area contributed by atoms with Crippen molar-refractivity contribution in [2.45, 2.75) is 57.0 Å². The number of rotatable bonds is 12. The second kappa shape index (κ2) is 12.1. The van der Waals surface area contributed by atoms with Gasteiger partial charge in [0.15, 0.2) is 17.8 Å². The zero-order valence-corrected chi connectivity index (χ0v) is 20.5. The van der Waals surface area contributed by atoms with Crippen LogP contribution in [0.2, 0.25) is 0 Å². The number of halogens is 1. The molecule has 8 nitrogen and oxygen atoms in total. The number of hydrogen-bond donors (Lipinski definition) is 2. The minimum absolute atomic E-state index is 0.181. The van der Waals surface area contributed by atoms with Crippen molar-refractivity contribution >= 4 is 28.5 Å². The maximum atomic E-state index is 14.1. The van der Waals surface area contributed by atoms with Gasteiger partial charge in [0, 0.05) is 31.3 Å². The SMILES string of the molecule is COC(=O)CCCCOC(C(=O)C(Nc1ccccc1C)c1ccc2ncoc2c1)[C@@H]1C[C@H](F)CN1. The lowest BCUT2D eigenvalue weighted by atomic mass is 9.93. The molecule has 1 aromatic heterocycles. The minimum Gasteiger partial charge on any atom is -0.469 e. The van der Waals surface area contributed by atoms with E-state index in [1.54, 1.807) is 6.07 Å². The molecule has 36 heavy (non-hydrogen) atoms. The highest BCUT2D eigenvalue weighted by Crippen LogP contribution is 2.29. The van der Waals surface area contributed by atoms with Crippen LogP contribution in [0.15, 0.2) is 53.3 Å². The van der Waals surface area contributed by atoms with Gasteiger partial charge >= 0.3 is 5.97 Å². The summed E-state index contributed by atoms with van der Waals surface area (Å²) in [6.45, 7) is 2.41. The Balaban J connectivity index is 1.59. The van der Waals surface area contributed by atoms with E-state index in [4.69, 9.17) is 9.15 Å². The van der Waals surface area contributed by atoms with Crippen LogP contribution < -0.4 is 10.6 Å². The van der Waals surface area contributed by atoms with E-state index in [-0.39, 0.29) is 37.7 Å². The Hall–Kier alpha value is -3.30. The number of esters is 1. The topological polar surface area (TPSA) is 103 Å². The molecule has 1 aliphatic rings. The van der Waals surface area contributed by atoms with Gasteiger partial charge in [0.05, 0.1) is 7.11 Å². The zero-order valence-electron chi connectivity index (χ0n) is 20.5. The molecule has 0 amide bonds. The van der Waals surface area contributed by atoms with Gasteiger partial charge in [-0.15, -0.1) is 0 Å². The van der Waals surface area contributed by atoms with Crippen molar-refractivity contribution in [3.8, 4) is 0 Å². The average molecular weight is 498 g/mol. The van der Waals surface area contributed by atoms with E-state index in [0.717, 1.165) is 11.3 Å². The van der Waals surface area contributed by atoms with Gasteiger partial charge in [-0.1, -0.05) is 24.3 Å². The van der Waals surface area contributed by atoms with E-state index >= 15 is 0 Å². The zero-order chi connectivity index (χ0) is 25.5. The molecule has 4 rings (SSSR count). The number of hydrogen-bond acceptors (Lipinski definition) is 8. The molecule has 2 unspecified atom stereocenters. The van der Waals surface area contributed by atoms with Crippen molar-refractivity contribution in [3.05, 3.63) is 60.0 Å². The fourth-order valence-electron chi connectivity index (χ4n) is 4.46. The number of carbonyl (C=O) groups excluding carboxylic acids is 2. The lowest BCUT2D eigenvalue weighted by molar-refractivity contribution is -0.141. The number of fused-ring (bicyclic) bond motifs is 1. The normalized spacial score (nSPS) is 19.2. The van der Waals surface area contributed by atoms with Crippen molar-refractivity contribution in [1.82, 2.24) is 10.3 Å². The predicted octanol–water partition coefficient (Wildman–Crippen LogP) is 4.29. The van der Waals surface area contributed by atoms with Gasteiger partial charge in [-0.3, -0.25) is 9.59 Å². The molecular formula is C27H32FN3O5. The van der Waals surface area contributed by atoms with Gasteiger partial charge in [0.25, 0.3) is 0 Å². The summed E-state index contributed by atoms with van der Waals surface area (Å²) in [4.78, 5) is 29.6. The third-order valence-electron chi connectivity index (χ3n) is 6.48. The number of unbranched alkanes of at least 4 members (excludes halogenated alkanes) is 1. The van der Waals surface area contributed by atoms with Crippen molar-refractivity contribution in [3.63, 3.8) is 0 Å². The fourth-order valence-corrected chi connectivity index (χ4v) is 4.46. The van der Waals surface area contributed by atoms with Gasteiger partial charge in [-0.2, -0.15) is 0 Å². The molecule has 0 aliphatic carbocycles. The lowest BCUT2D eigenvalue weighted by Gasteiger charge is -2.29. The van der Waals surface area contributed by atoms with E-state index in [1.807, 2.05) is 43.3 Å². The molecule has 2 N–H and O–H groups in total. The number of nitrogens with zero attached hydrogens (tertiary/aromatic N) is 1. The maximum Gasteiger partial charge on any atom is 0.305 e. The van der Waals surface area contributed by atoms with E-state index in [9.17, 15) is 14.0 Å². The smallest absolute Gasteiger partial charge is 0.305 e. The summed E-state index contributed by atoms with van der Waals surface area (Å²) in [5.41, 5.74) is 3.76. The van der Waals surface area contributed by atoms with E-state index in [0.29, 0.717) is 29.5 Å². The molecule has 4 atom stereocenters. The number of methoxy groups -OCH3 is 1. The number of Topliss-reactive ketones (excluding diaryl/α,β-unsaturated/α-hetero) is 1. The average Bonchev–Trinajstić information content (AvgIpc) is 3.53. The summed E-state index contributed by atoms with van der Waals surface area (Å²) in [6.07, 6.45) is 1.06. The summed E-state index contributed by atoms with van der Waals surface area (Å²) in [5, 5.41) is 6.50. The molecule has 1 aliphatic heterocycles. The largest absolute Gasteiger partial charge is 0.469 e. The fraction of sp³-hybridized carbons (Fsp3) is 0.444. The standard InChI is InChI=1S/C27H32FN3O5/c1-17-7-3-4-8-20(17)31-25(18-10-11-21-23(13-18)36-16-30-21)26(33)27(22-14-19(28)15-29-22)35-12-6-5-9-24(32)34-2/h3-4,7-8,10-11,13,16,19,22,25,27,29,31H,5-6,9,12,14-15H2,1-2H3/t19-,22-,25?,27?/m0/s1. The van der Waals surface area contributed by atoms with Crippen LogP contribution in [-0.2, 0) is 19.1 Å². The highest BCUT2D eigenvalue weighted by atomic mass is 19.1. The van der Waals surface area contributed by atoms with Gasteiger partial charge in [0.1, 0.15) is 23.8 Å². The van der Waals surface area contributed by atoms with Crippen LogP contribution in [0, 0.1) is 6.92 Å². The highest BCUT2D eigenvalue weighted by molar-refractivity contribution is 5.93. The van der Waals surface area contributed by atoms with Crippen molar-refractivity contribution in [2.75, 3.05) is 25.6 Å². The van der Waals surface area contributed by atoms with Crippen LogP contribution >= 0.6 is 0 Å². The molecule has 0 radical (unpaired) electrons. The molecule has 2 aromatic carbocycles. The number of carbonyl (C=O) groups is 2. The number of nitrogens with one attached hydrogen (secondary N) is 2. The van der Waals surface area contributed by atoms with Gasteiger partial charge in [-0.05, 0) is 55.5 Å². The number of anilines is 1. The summed E-state index contributed by atoms with van der Waals surface area (Å²) in [5.74, 6) is -0.498. The third kappa shape index (κ3) is 6.27. The van der Waals surface area contributed by atoms with Gasteiger partial charge in [-0.25, -0.2) is 9.37 Å². The molecular weight excluding hydrogens is 465 g/mol. The second-order valence-electron chi connectivity index (χ2n) is 9.05. The number of alkyl halides is 1. The van der Waals surface area contributed by atoms with E-state index in [2.05, 4.69) is 20.4 Å². The van der Waals surface area contributed by atoms with Crippen molar-refractivity contribution in [2.24, 2.45) is 0 Å². The molecule has 0 bridgehead atoms. The predicted molar refractivity (Wildman–Crippen MR) is 133 cm³/mol. The van der Waals surface area contributed by atoms with Crippen LogP contribution in [0.4, 0.5) is 10.1 Å². The lowest BCUT2D eigenvalue weighted by Crippen LogP contribution is -2.46. The van der Waals surface area contributed by atoms with Crippen molar-refractivity contribution < 1.29 is 27.9 Å². The van der Waals surface area contributed by atoms with Crippen molar-refractivity contribution in [1.29, 1.82) is 0 Å². The molecule has 0 saturated carbocycles. The molecule has 2 heterocycles. The molecule has 1 saturated heterocycles. The molecule has 3 aromatic rings. The first-order valence-electron chi connectivity index (χ1n) is 12.2. The Kier molecular flexibility index (Phi) is 8.66. The second-order valence-corrected chi connectivity index (χ2v) is 9.05. The Labute approximate surface area is 209 Å². The Bertz CT molecular complexity index is 1180. The summed E-state index contributed by atoms with van der Waals surface area (Å²) < 4.78 is 30.4. The Morgan fingerprint density at radius 1 is 1.25 bits per heavy atom. The number of para-hydroxylation sites is 1. The van der Waals surface area contributed by atoms with Crippen LogP contribution in [0.3, 0.4) is 0 Å². The highest BCUT2D eigenvalue weighted by Gasteiger charge is 2.39. The van der Waals surface area contributed by atoms with Crippen LogP contribution in [0.1, 0.15) is 42.9 Å². The summed E-state index contributed by atoms with van der Waals surface area (Å²) in [7, 11) is 1.35. The molecule has 192 valence electrons. The van der Waals surface area contributed by atoms with Crippen LogP contribution in [0.5, 0.6) is 0 Å². The Morgan fingerprint density at radius 2 is 2.08 bits per heavy atom. The van der Waals surface area contributed by atoms with E-state index < -0.39 is 24.4 Å². The molecule has 0 spiro atoms. The van der Waals surface area contributed by atoms with Crippen LogP contribution in [0.25, 0.3) is 11.1 Å². The summed E-state index contributed by atoms with van der Waals surface area (Å²) >= 11 is 0. The van der Waals surface area contributed by atoms with Crippen LogP contribution in [-0.4, -0.2) is 55.3 Å². The maximum absolute atomic E-state index is 14.1. The Morgan fingerprint density at radius 3 is 2.83 bits per heavy atom. The monoisotopic (exact) mass is 497 g/mol. The first-order chi connectivity index (χ1) is 17.5. The number of benzene rings is 2. The first kappa shape index (κ1) is 25.8. The van der Waals surface area contributed by atoms with Gasteiger partial charge in [0.2, 0.25) is 0 Å². The molecule has 1 fully saturated rings. The quantitative estimate of drug-likeness (QED) is 0.282. The van der Waals surface area contributed by atoms with Gasteiger partial charge < -0.3 is 24.5 Å². The number of ether oxygens (including phenoxy) is 2. The molecule has 9 heteroatoms. The number of aryl methyl sites for hydroxylation is 1. The summed E-state index contributed by atoms with van der Waals surface area (Å²) in [6, 6.07) is 11.9.